The average molecular weight is 369 g/mol. The van der Waals surface area contributed by atoms with Gasteiger partial charge in [-0.3, -0.25) is 4.79 Å². The lowest BCUT2D eigenvalue weighted by Crippen LogP contribution is -2.40. The number of aryl methyl sites for hydroxylation is 1. The summed E-state index contributed by atoms with van der Waals surface area (Å²) in [6.45, 7) is 2.57. The van der Waals surface area contributed by atoms with E-state index in [1.54, 1.807) is 24.3 Å². The molecule has 0 spiro atoms. The molecule has 142 valence electrons. The smallest absolute Gasteiger partial charge is 0.335 e. The van der Waals surface area contributed by atoms with Gasteiger partial charge < -0.3 is 14.7 Å². The molecule has 1 amide bonds. The van der Waals surface area contributed by atoms with Crippen molar-refractivity contribution in [3.05, 3.63) is 47.4 Å². The summed E-state index contributed by atoms with van der Waals surface area (Å²) < 4.78 is 5.02. The molecule has 0 aliphatic carbocycles. The highest BCUT2D eigenvalue weighted by Crippen LogP contribution is 2.31. The molecule has 1 aromatic heterocycles. The molecule has 7 heteroatoms. The molecule has 1 unspecified atom stereocenters. The van der Waals surface area contributed by atoms with E-state index in [9.17, 15) is 9.59 Å². The third-order valence-electron chi connectivity index (χ3n) is 4.72. The summed E-state index contributed by atoms with van der Waals surface area (Å²) in [5, 5.41) is 9.06. The summed E-state index contributed by atoms with van der Waals surface area (Å²) in [4.78, 5) is 34.4. The summed E-state index contributed by atoms with van der Waals surface area (Å²) >= 11 is 0. The molecule has 2 heterocycles. The SMILES string of the molecule is COCC(=O)N1CCCCC1c1cc(-c2ccc(C(=O)O)cc2)nc(C)n1. The second-order valence-corrected chi connectivity index (χ2v) is 6.64. The van der Waals surface area contributed by atoms with E-state index >= 15 is 0 Å². The molecule has 1 aliphatic rings. The van der Waals surface area contributed by atoms with Gasteiger partial charge in [0.15, 0.2) is 0 Å². The van der Waals surface area contributed by atoms with E-state index < -0.39 is 5.97 Å². The van der Waals surface area contributed by atoms with Crippen LogP contribution in [0.3, 0.4) is 0 Å². The highest BCUT2D eigenvalue weighted by atomic mass is 16.5. The minimum Gasteiger partial charge on any atom is -0.478 e. The van der Waals surface area contributed by atoms with Crippen molar-refractivity contribution < 1.29 is 19.4 Å². The van der Waals surface area contributed by atoms with Crippen molar-refractivity contribution in [2.24, 2.45) is 0 Å². The van der Waals surface area contributed by atoms with Gasteiger partial charge in [0.2, 0.25) is 5.91 Å². The summed E-state index contributed by atoms with van der Waals surface area (Å²) in [6, 6.07) is 8.40. The maximum atomic E-state index is 12.4. The maximum absolute atomic E-state index is 12.4. The summed E-state index contributed by atoms with van der Waals surface area (Å²) in [6.07, 6.45) is 2.86. The average Bonchev–Trinajstić information content (AvgIpc) is 2.68. The van der Waals surface area contributed by atoms with E-state index in [1.807, 2.05) is 17.9 Å². The van der Waals surface area contributed by atoms with Crippen LogP contribution in [0.2, 0.25) is 0 Å². The predicted molar refractivity (Wildman–Crippen MR) is 99.3 cm³/mol. The van der Waals surface area contributed by atoms with Crippen molar-refractivity contribution in [1.82, 2.24) is 14.9 Å². The van der Waals surface area contributed by atoms with Crippen LogP contribution < -0.4 is 0 Å². The van der Waals surface area contributed by atoms with Crippen LogP contribution in [0.15, 0.2) is 30.3 Å². The Kier molecular flexibility index (Phi) is 5.81. The summed E-state index contributed by atoms with van der Waals surface area (Å²) in [5.74, 6) is -0.379. The first-order valence-corrected chi connectivity index (χ1v) is 8.97. The topological polar surface area (TPSA) is 92.6 Å². The third kappa shape index (κ3) is 4.31. The van der Waals surface area contributed by atoms with Crippen LogP contribution in [0.25, 0.3) is 11.3 Å². The number of hydrogen-bond acceptors (Lipinski definition) is 5. The first-order chi connectivity index (χ1) is 13.0. The molecule has 0 saturated carbocycles. The van der Waals surface area contributed by atoms with E-state index in [-0.39, 0.29) is 24.1 Å². The third-order valence-corrected chi connectivity index (χ3v) is 4.72. The number of carboxylic acid groups (broad SMARTS) is 1. The summed E-state index contributed by atoms with van der Waals surface area (Å²) in [7, 11) is 1.52. The normalized spacial score (nSPS) is 17.0. The highest BCUT2D eigenvalue weighted by molar-refractivity contribution is 5.88. The van der Waals surface area contributed by atoms with Crippen LogP contribution >= 0.6 is 0 Å². The number of carbonyl (C=O) groups excluding carboxylic acids is 1. The quantitative estimate of drug-likeness (QED) is 0.871. The standard InChI is InChI=1S/C20H23N3O4/c1-13-21-16(14-6-8-15(9-7-14)20(25)26)11-17(22-13)18-5-3-4-10-23(18)19(24)12-27-2/h6-9,11,18H,3-5,10,12H2,1-2H3,(H,25,26). The van der Waals surface area contributed by atoms with Crippen LogP contribution in [0, 0.1) is 6.92 Å². The van der Waals surface area contributed by atoms with E-state index in [2.05, 4.69) is 9.97 Å². The van der Waals surface area contributed by atoms with E-state index in [4.69, 9.17) is 9.84 Å². The van der Waals surface area contributed by atoms with Gasteiger partial charge in [-0.15, -0.1) is 0 Å². The van der Waals surface area contributed by atoms with Crippen molar-refractivity contribution in [2.45, 2.75) is 32.2 Å². The number of likely N-dealkylation sites (tertiary alicyclic amines) is 1. The lowest BCUT2D eigenvalue weighted by Gasteiger charge is -2.35. The van der Waals surface area contributed by atoms with E-state index in [1.165, 1.54) is 7.11 Å². The largest absolute Gasteiger partial charge is 0.478 e. The molecule has 7 nitrogen and oxygen atoms in total. The van der Waals surface area contributed by atoms with Gasteiger partial charge in [0, 0.05) is 19.2 Å². The van der Waals surface area contributed by atoms with Gasteiger partial charge in [-0.2, -0.15) is 0 Å². The van der Waals surface area contributed by atoms with Gasteiger partial charge in [-0.05, 0) is 44.4 Å². The number of piperidine rings is 1. The molecule has 1 saturated heterocycles. The first-order valence-electron chi connectivity index (χ1n) is 8.97. The Morgan fingerprint density at radius 3 is 2.63 bits per heavy atom. The van der Waals surface area contributed by atoms with Gasteiger partial charge in [0.05, 0.1) is 23.0 Å². The molecule has 0 bridgehead atoms. The van der Waals surface area contributed by atoms with Crippen molar-refractivity contribution in [2.75, 3.05) is 20.3 Å². The molecular formula is C20H23N3O4. The number of amides is 1. The van der Waals surface area contributed by atoms with E-state index in [0.29, 0.717) is 12.4 Å². The Balaban J connectivity index is 1.94. The Labute approximate surface area is 158 Å². The molecule has 1 N–H and O–H groups in total. The monoisotopic (exact) mass is 369 g/mol. The van der Waals surface area contributed by atoms with Crippen molar-refractivity contribution in [1.29, 1.82) is 0 Å². The number of aromatic nitrogens is 2. The molecule has 3 rings (SSSR count). The molecule has 1 aliphatic heterocycles. The molecule has 2 aromatic rings. The Morgan fingerprint density at radius 2 is 1.96 bits per heavy atom. The first kappa shape index (κ1) is 19.0. The van der Waals surface area contributed by atoms with Crippen LogP contribution in [0.1, 0.15) is 47.2 Å². The number of methoxy groups -OCH3 is 1. The summed E-state index contributed by atoms with van der Waals surface area (Å²) in [5.41, 5.74) is 2.58. The minimum absolute atomic E-state index is 0.0363. The van der Waals surface area contributed by atoms with Crippen molar-refractivity contribution in [3.8, 4) is 11.3 Å². The Morgan fingerprint density at radius 1 is 1.22 bits per heavy atom. The molecule has 1 fully saturated rings. The minimum atomic E-state index is -0.962. The number of nitrogens with zero attached hydrogens (tertiary/aromatic N) is 3. The maximum Gasteiger partial charge on any atom is 0.335 e. The number of hydrogen-bond donors (Lipinski definition) is 1. The lowest BCUT2D eigenvalue weighted by molar-refractivity contribution is -0.139. The van der Waals surface area contributed by atoms with Gasteiger partial charge in [0.1, 0.15) is 12.4 Å². The van der Waals surface area contributed by atoms with Crippen LogP contribution in [0.5, 0.6) is 0 Å². The highest BCUT2D eigenvalue weighted by Gasteiger charge is 2.29. The number of carbonyl (C=O) groups is 2. The zero-order chi connectivity index (χ0) is 19.4. The molecule has 27 heavy (non-hydrogen) atoms. The van der Waals surface area contributed by atoms with Gasteiger partial charge in [0.25, 0.3) is 0 Å². The predicted octanol–water partition coefficient (Wildman–Crippen LogP) is 2.85. The van der Waals surface area contributed by atoms with Gasteiger partial charge >= 0.3 is 5.97 Å². The van der Waals surface area contributed by atoms with Crippen molar-refractivity contribution in [3.63, 3.8) is 0 Å². The van der Waals surface area contributed by atoms with Crippen LogP contribution in [-0.2, 0) is 9.53 Å². The lowest BCUT2D eigenvalue weighted by atomic mass is 9.97. The number of ether oxygens (including phenoxy) is 1. The Hall–Kier alpha value is -2.80. The van der Waals surface area contributed by atoms with E-state index in [0.717, 1.165) is 36.2 Å². The molecule has 1 aromatic carbocycles. The van der Waals surface area contributed by atoms with Crippen LogP contribution in [-0.4, -0.2) is 52.1 Å². The second kappa shape index (κ2) is 8.26. The molecular weight excluding hydrogens is 346 g/mol. The fourth-order valence-electron chi connectivity index (χ4n) is 3.44. The number of benzene rings is 1. The Bertz CT molecular complexity index is 836. The fraction of sp³-hybridized carbons (Fsp3) is 0.400. The van der Waals surface area contributed by atoms with Gasteiger partial charge in [-0.25, -0.2) is 14.8 Å². The zero-order valence-electron chi connectivity index (χ0n) is 15.5. The van der Waals surface area contributed by atoms with Gasteiger partial charge in [-0.1, -0.05) is 12.1 Å². The number of carboxylic acids is 1. The fourth-order valence-corrected chi connectivity index (χ4v) is 3.44. The van der Waals surface area contributed by atoms with Crippen LogP contribution in [0.4, 0.5) is 0 Å². The second-order valence-electron chi connectivity index (χ2n) is 6.64. The van der Waals surface area contributed by atoms with Crippen molar-refractivity contribution >= 4 is 11.9 Å². The number of rotatable bonds is 5. The zero-order valence-corrected chi connectivity index (χ0v) is 15.5. The molecule has 0 radical (unpaired) electrons. The molecule has 1 atom stereocenters. The number of aromatic carboxylic acids is 1.